The summed E-state index contributed by atoms with van der Waals surface area (Å²) in [6.07, 6.45) is 1.76. The van der Waals surface area contributed by atoms with Crippen LogP contribution in [0.1, 0.15) is 17.0 Å². The highest BCUT2D eigenvalue weighted by atomic mass is 79.9. The lowest BCUT2D eigenvalue weighted by Crippen LogP contribution is -2.49. The molecule has 130 valence electrons. The van der Waals surface area contributed by atoms with E-state index in [0.29, 0.717) is 37.6 Å². The van der Waals surface area contributed by atoms with E-state index in [1.165, 1.54) is 4.31 Å². The lowest BCUT2D eigenvalue weighted by molar-refractivity contribution is 0.377. The quantitative estimate of drug-likeness (QED) is 0.765. The molecule has 1 aliphatic rings. The van der Waals surface area contributed by atoms with Crippen LogP contribution in [0, 0.1) is 20.8 Å². The maximum absolute atomic E-state index is 12.8. The van der Waals surface area contributed by atoms with Gasteiger partial charge >= 0.3 is 0 Å². The van der Waals surface area contributed by atoms with Crippen LogP contribution in [-0.4, -0.2) is 49.0 Å². The molecule has 0 N–H and O–H groups in total. The summed E-state index contributed by atoms with van der Waals surface area (Å²) in [7, 11) is -3.58. The number of aryl methyl sites for hydroxylation is 3. The second-order valence-electron chi connectivity index (χ2n) is 5.84. The van der Waals surface area contributed by atoms with Gasteiger partial charge in [-0.1, -0.05) is 5.16 Å². The standard InChI is InChI=1S/C15H19BrN4O3S/c1-10-8-13(16)9-17-15(10)19-4-6-20(7-5-19)24(21,22)14-11(2)18-23-12(14)3/h8-9H,4-7H2,1-3H3. The third-order valence-electron chi connectivity index (χ3n) is 4.12. The Kier molecular flexibility index (Phi) is 4.67. The average molecular weight is 415 g/mol. The fourth-order valence-corrected chi connectivity index (χ4v) is 5.14. The molecule has 0 unspecified atom stereocenters. The van der Waals surface area contributed by atoms with E-state index in [9.17, 15) is 8.42 Å². The van der Waals surface area contributed by atoms with Crippen LogP contribution in [-0.2, 0) is 10.0 Å². The number of anilines is 1. The smallest absolute Gasteiger partial charge is 0.248 e. The molecule has 0 aliphatic carbocycles. The first-order valence-corrected chi connectivity index (χ1v) is 9.84. The molecule has 0 atom stereocenters. The fraction of sp³-hybridized carbons (Fsp3) is 0.467. The maximum Gasteiger partial charge on any atom is 0.248 e. The Morgan fingerprint density at radius 3 is 2.38 bits per heavy atom. The number of pyridine rings is 1. The van der Waals surface area contributed by atoms with Crippen molar-refractivity contribution in [3.05, 3.63) is 33.8 Å². The zero-order chi connectivity index (χ0) is 17.5. The second-order valence-corrected chi connectivity index (χ2v) is 8.63. The number of aromatic nitrogens is 2. The number of hydrogen-bond acceptors (Lipinski definition) is 6. The van der Waals surface area contributed by atoms with Crippen molar-refractivity contribution in [2.45, 2.75) is 25.7 Å². The summed E-state index contributed by atoms with van der Waals surface area (Å²) in [6.45, 7) is 7.27. The number of hydrogen-bond donors (Lipinski definition) is 0. The molecule has 2 aromatic heterocycles. The van der Waals surface area contributed by atoms with E-state index < -0.39 is 10.0 Å². The number of rotatable bonds is 3. The molecule has 0 spiro atoms. The molecule has 7 nitrogen and oxygen atoms in total. The van der Waals surface area contributed by atoms with Gasteiger partial charge in [0.15, 0.2) is 5.76 Å². The van der Waals surface area contributed by atoms with Crippen molar-refractivity contribution in [2.75, 3.05) is 31.1 Å². The molecule has 2 aromatic rings. The average Bonchev–Trinajstić information content (AvgIpc) is 2.87. The van der Waals surface area contributed by atoms with Gasteiger partial charge in [-0.15, -0.1) is 0 Å². The fourth-order valence-electron chi connectivity index (χ4n) is 2.98. The Hall–Kier alpha value is -1.45. The molecule has 9 heteroatoms. The summed E-state index contributed by atoms with van der Waals surface area (Å²) in [6, 6.07) is 2.01. The van der Waals surface area contributed by atoms with Crippen LogP contribution in [0.25, 0.3) is 0 Å². The lowest BCUT2D eigenvalue weighted by Gasteiger charge is -2.35. The van der Waals surface area contributed by atoms with E-state index in [1.807, 2.05) is 13.0 Å². The third-order valence-corrected chi connectivity index (χ3v) is 6.70. The number of halogens is 1. The van der Waals surface area contributed by atoms with Crippen LogP contribution in [0.2, 0.25) is 0 Å². The minimum atomic E-state index is -3.58. The van der Waals surface area contributed by atoms with E-state index in [2.05, 4.69) is 31.0 Å². The predicted octanol–water partition coefficient (Wildman–Crippen LogP) is 2.27. The zero-order valence-corrected chi connectivity index (χ0v) is 16.2. The summed E-state index contributed by atoms with van der Waals surface area (Å²) in [4.78, 5) is 6.75. The van der Waals surface area contributed by atoms with E-state index in [-0.39, 0.29) is 4.90 Å². The summed E-state index contributed by atoms with van der Waals surface area (Å²) >= 11 is 3.41. The highest BCUT2D eigenvalue weighted by Gasteiger charge is 2.33. The molecular formula is C15H19BrN4O3S. The molecule has 1 saturated heterocycles. The van der Waals surface area contributed by atoms with Gasteiger partial charge in [-0.3, -0.25) is 0 Å². The number of sulfonamides is 1. The van der Waals surface area contributed by atoms with E-state index in [1.54, 1.807) is 20.0 Å². The maximum atomic E-state index is 12.8. The largest absolute Gasteiger partial charge is 0.360 e. The van der Waals surface area contributed by atoms with Gasteiger partial charge < -0.3 is 9.42 Å². The molecule has 1 fully saturated rings. The Morgan fingerprint density at radius 1 is 1.17 bits per heavy atom. The van der Waals surface area contributed by atoms with Gasteiger partial charge in [-0.25, -0.2) is 13.4 Å². The molecular weight excluding hydrogens is 396 g/mol. The monoisotopic (exact) mass is 414 g/mol. The Bertz CT molecular complexity index is 838. The highest BCUT2D eigenvalue weighted by molar-refractivity contribution is 9.10. The first-order chi connectivity index (χ1) is 11.3. The first kappa shape index (κ1) is 17.4. The Balaban J connectivity index is 1.78. The lowest BCUT2D eigenvalue weighted by atomic mass is 10.2. The van der Waals surface area contributed by atoms with Crippen LogP contribution in [0.5, 0.6) is 0 Å². The SMILES string of the molecule is Cc1cc(Br)cnc1N1CCN(S(=O)(=O)c2c(C)noc2C)CC1. The zero-order valence-electron chi connectivity index (χ0n) is 13.8. The van der Waals surface area contributed by atoms with Crippen molar-refractivity contribution >= 4 is 31.8 Å². The minimum absolute atomic E-state index is 0.189. The number of piperazine rings is 1. The van der Waals surface area contributed by atoms with Crippen LogP contribution in [0.4, 0.5) is 5.82 Å². The van der Waals surface area contributed by atoms with Gasteiger partial charge in [0.2, 0.25) is 10.0 Å². The van der Waals surface area contributed by atoms with Crippen molar-refractivity contribution in [2.24, 2.45) is 0 Å². The molecule has 0 amide bonds. The summed E-state index contributed by atoms with van der Waals surface area (Å²) in [5, 5.41) is 3.75. The normalized spacial score (nSPS) is 16.6. The van der Waals surface area contributed by atoms with Crippen LogP contribution >= 0.6 is 15.9 Å². The van der Waals surface area contributed by atoms with Gasteiger partial charge in [0.25, 0.3) is 0 Å². The molecule has 3 heterocycles. The molecule has 0 saturated carbocycles. The molecule has 0 aromatic carbocycles. The van der Waals surface area contributed by atoms with E-state index in [4.69, 9.17) is 4.52 Å². The van der Waals surface area contributed by atoms with Gasteiger partial charge in [0.05, 0.1) is 0 Å². The summed E-state index contributed by atoms with van der Waals surface area (Å²) < 4.78 is 33.1. The summed E-state index contributed by atoms with van der Waals surface area (Å²) in [5.74, 6) is 1.23. The van der Waals surface area contributed by atoms with Gasteiger partial charge in [0, 0.05) is 36.8 Å². The van der Waals surface area contributed by atoms with Crippen molar-refractivity contribution in [3.8, 4) is 0 Å². The molecule has 1 aliphatic heterocycles. The molecule has 0 bridgehead atoms. The van der Waals surface area contributed by atoms with E-state index >= 15 is 0 Å². The van der Waals surface area contributed by atoms with Crippen LogP contribution in [0.3, 0.4) is 0 Å². The third kappa shape index (κ3) is 3.07. The Labute approximate surface area is 149 Å². The molecule has 0 radical (unpaired) electrons. The van der Waals surface area contributed by atoms with Gasteiger partial charge in [0.1, 0.15) is 16.4 Å². The van der Waals surface area contributed by atoms with Crippen molar-refractivity contribution < 1.29 is 12.9 Å². The topological polar surface area (TPSA) is 79.5 Å². The van der Waals surface area contributed by atoms with Crippen molar-refractivity contribution in [1.82, 2.24) is 14.4 Å². The van der Waals surface area contributed by atoms with Crippen molar-refractivity contribution in [1.29, 1.82) is 0 Å². The highest BCUT2D eigenvalue weighted by Crippen LogP contribution is 2.26. The minimum Gasteiger partial charge on any atom is -0.360 e. The van der Waals surface area contributed by atoms with Crippen LogP contribution in [0.15, 0.2) is 26.2 Å². The number of nitrogens with zero attached hydrogens (tertiary/aromatic N) is 4. The van der Waals surface area contributed by atoms with Crippen molar-refractivity contribution in [3.63, 3.8) is 0 Å². The first-order valence-electron chi connectivity index (χ1n) is 7.61. The second kappa shape index (κ2) is 6.45. The molecule has 3 rings (SSSR count). The summed E-state index contributed by atoms with van der Waals surface area (Å²) in [5.41, 5.74) is 1.46. The van der Waals surface area contributed by atoms with Crippen LogP contribution < -0.4 is 4.90 Å². The predicted molar refractivity (Wildman–Crippen MR) is 93.6 cm³/mol. The van der Waals surface area contributed by atoms with E-state index in [0.717, 1.165) is 15.9 Å². The van der Waals surface area contributed by atoms with Gasteiger partial charge in [-0.05, 0) is 48.3 Å². The van der Waals surface area contributed by atoms with Gasteiger partial charge in [-0.2, -0.15) is 4.31 Å². The Morgan fingerprint density at radius 2 is 1.83 bits per heavy atom. The molecule has 24 heavy (non-hydrogen) atoms.